The van der Waals surface area contributed by atoms with Crippen LogP contribution in [0, 0.1) is 0 Å². The number of nitrogens with one attached hydrogen (secondary N) is 1. The van der Waals surface area contributed by atoms with Crippen LogP contribution >= 0.6 is 23.2 Å². The van der Waals surface area contributed by atoms with Crippen LogP contribution in [0.25, 0.3) is 5.57 Å². The molecular weight excluding hydrogens is 557 g/mol. The maximum Gasteiger partial charge on any atom is 0.251 e. The molecule has 0 aromatic heterocycles. The number of hydrogen-bond acceptors (Lipinski definition) is 4. The van der Waals surface area contributed by atoms with Crippen molar-refractivity contribution in [2.24, 2.45) is 0 Å². The van der Waals surface area contributed by atoms with E-state index in [1.165, 1.54) is 5.56 Å². The molecule has 6 nitrogen and oxygen atoms in total. The van der Waals surface area contributed by atoms with Gasteiger partial charge in [0.15, 0.2) is 0 Å². The van der Waals surface area contributed by atoms with Gasteiger partial charge >= 0.3 is 0 Å². The van der Waals surface area contributed by atoms with Gasteiger partial charge in [0.2, 0.25) is 5.91 Å². The second-order valence-electron chi connectivity index (χ2n) is 10.8. The molecule has 0 radical (unpaired) electrons. The number of halogens is 2. The van der Waals surface area contributed by atoms with E-state index in [0.717, 1.165) is 28.7 Å². The number of ether oxygens (including phenoxy) is 1. The summed E-state index contributed by atoms with van der Waals surface area (Å²) in [6, 6.07) is 23.7. The van der Waals surface area contributed by atoms with E-state index in [-0.39, 0.29) is 23.9 Å². The Morgan fingerprint density at radius 1 is 0.976 bits per heavy atom. The quantitative estimate of drug-likeness (QED) is 0.349. The van der Waals surface area contributed by atoms with E-state index in [1.54, 1.807) is 25.1 Å². The molecule has 214 valence electrons. The molecule has 3 aromatic rings. The number of carbonyl (C=O) groups excluding carboxylic acids is 2. The fourth-order valence-corrected chi connectivity index (χ4v) is 6.08. The van der Waals surface area contributed by atoms with Crippen molar-refractivity contribution in [1.82, 2.24) is 15.1 Å². The van der Waals surface area contributed by atoms with Crippen LogP contribution in [0.15, 0.2) is 78.4 Å². The first kappa shape index (κ1) is 29.2. The summed E-state index contributed by atoms with van der Waals surface area (Å²) in [5.41, 5.74) is 5.19. The molecule has 2 amide bonds. The van der Waals surface area contributed by atoms with E-state index >= 15 is 0 Å². The van der Waals surface area contributed by atoms with Gasteiger partial charge in [0.05, 0.1) is 17.7 Å². The summed E-state index contributed by atoms with van der Waals surface area (Å²) >= 11 is 12.2. The van der Waals surface area contributed by atoms with E-state index < -0.39 is 0 Å². The summed E-state index contributed by atoms with van der Waals surface area (Å²) in [6.07, 6.45) is 2.18. The van der Waals surface area contributed by atoms with Crippen molar-refractivity contribution in [2.75, 3.05) is 33.3 Å². The number of hydrogen-bond donors (Lipinski definition) is 1. The predicted octanol–water partition coefficient (Wildman–Crippen LogP) is 5.66. The van der Waals surface area contributed by atoms with Gasteiger partial charge in [-0.3, -0.25) is 9.59 Å². The Balaban J connectivity index is 1.34. The van der Waals surface area contributed by atoms with Crippen LogP contribution in [0.2, 0.25) is 10.0 Å². The third-order valence-electron chi connectivity index (χ3n) is 7.85. The van der Waals surface area contributed by atoms with Crippen molar-refractivity contribution in [3.8, 4) is 5.75 Å². The van der Waals surface area contributed by atoms with Gasteiger partial charge < -0.3 is 19.9 Å². The van der Waals surface area contributed by atoms with E-state index in [1.807, 2.05) is 35.0 Å². The zero-order valence-corrected chi connectivity index (χ0v) is 24.9. The van der Waals surface area contributed by atoms with Crippen LogP contribution < -0.4 is 10.1 Å². The minimum atomic E-state index is -0.203. The van der Waals surface area contributed by atoms with Crippen molar-refractivity contribution < 1.29 is 14.3 Å². The largest absolute Gasteiger partial charge is 0.492 e. The summed E-state index contributed by atoms with van der Waals surface area (Å²) in [5.74, 6) is 0.661. The summed E-state index contributed by atoms with van der Waals surface area (Å²) in [6.45, 7) is 3.83. The van der Waals surface area contributed by atoms with Gasteiger partial charge in [-0.2, -0.15) is 0 Å². The molecule has 8 heteroatoms. The van der Waals surface area contributed by atoms with Gasteiger partial charge in [-0.15, -0.1) is 0 Å². The van der Waals surface area contributed by atoms with Gasteiger partial charge in [0, 0.05) is 56.7 Å². The van der Waals surface area contributed by atoms with Crippen molar-refractivity contribution in [3.63, 3.8) is 0 Å². The van der Waals surface area contributed by atoms with Gasteiger partial charge in [-0.05, 0) is 53.3 Å². The molecule has 1 N–H and O–H groups in total. The highest BCUT2D eigenvalue weighted by molar-refractivity contribution is 6.35. The smallest absolute Gasteiger partial charge is 0.251 e. The second kappa shape index (κ2) is 13.1. The van der Waals surface area contributed by atoms with Crippen molar-refractivity contribution >= 4 is 40.6 Å². The average molecular weight is 593 g/mol. The number of piperazine rings is 1. The van der Waals surface area contributed by atoms with Crippen LogP contribution in [0.4, 0.5) is 0 Å². The first-order chi connectivity index (χ1) is 19.8. The average Bonchev–Trinajstić information content (AvgIpc) is 2.97. The molecule has 2 atom stereocenters. The molecular formula is C33H35Cl2N3O3. The minimum absolute atomic E-state index is 0.00889. The molecule has 0 saturated carbocycles. The molecule has 0 spiro atoms. The lowest BCUT2D eigenvalue weighted by molar-refractivity contribution is -0.132. The van der Waals surface area contributed by atoms with E-state index in [9.17, 15) is 9.59 Å². The summed E-state index contributed by atoms with van der Waals surface area (Å²) < 4.78 is 5.86. The number of fused-ring (bicyclic) bond motifs is 2. The molecule has 5 rings (SSSR count). The highest BCUT2D eigenvalue weighted by Crippen LogP contribution is 2.34. The summed E-state index contributed by atoms with van der Waals surface area (Å²) in [7, 11) is 1.86. The molecule has 0 aliphatic carbocycles. The van der Waals surface area contributed by atoms with Crippen LogP contribution in [0.5, 0.6) is 5.75 Å². The van der Waals surface area contributed by atoms with Crippen molar-refractivity contribution in [1.29, 1.82) is 0 Å². The van der Waals surface area contributed by atoms with Gasteiger partial charge in [-0.25, -0.2) is 0 Å². The van der Waals surface area contributed by atoms with Crippen LogP contribution in [-0.2, 0) is 22.4 Å². The lowest BCUT2D eigenvalue weighted by Gasteiger charge is -2.44. The zero-order chi connectivity index (χ0) is 28.9. The Labute approximate surface area is 251 Å². The monoisotopic (exact) mass is 591 g/mol. The molecule has 1 saturated heterocycles. The lowest BCUT2D eigenvalue weighted by atomic mass is 9.82. The fourth-order valence-electron chi connectivity index (χ4n) is 5.62. The van der Waals surface area contributed by atoms with Gasteiger partial charge in [-0.1, -0.05) is 77.8 Å². The van der Waals surface area contributed by atoms with Crippen LogP contribution in [0.3, 0.4) is 0 Å². The molecule has 0 unspecified atom stereocenters. The number of carbonyl (C=O) groups is 2. The Morgan fingerprint density at radius 3 is 2.41 bits per heavy atom. The molecule has 1 fully saturated rings. The highest BCUT2D eigenvalue weighted by Gasteiger charge is 2.39. The Hall–Kier alpha value is -3.32. The van der Waals surface area contributed by atoms with E-state index in [0.29, 0.717) is 54.9 Å². The third kappa shape index (κ3) is 7.13. The number of nitrogens with zero attached hydrogens (tertiary/aromatic N) is 2. The van der Waals surface area contributed by atoms with E-state index in [4.69, 9.17) is 27.9 Å². The highest BCUT2D eigenvalue weighted by atomic mass is 35.5. The molecule has 2 aliphatic rings. The Bertz CT molecular complexity index is 1430. The zero-order valence-electron chi connectivity index (χ0n) is 23.4. The third-order valence-corrected chi connectivity index (χ3v) is 8.38. The fraction of sp³-hybridized carbons (Fsp3) is 0.333. The first-order valence-electron chi connectivity index (χ1n) is 14.0. The minimum Gasteiger partial charge on any atom is -0.492 e. The SMILES string of the molecule is CC(=O)N1C[C@H]2CC(c3ccc(CCOc4ccc(Cl)cc4Cl)cc3)=C(C(=O)N(C)CCc3ccccc3)[C@@H](C1)N2. The normalized spacial score (nSPS) is 18.3. The summed E-state index contributed by atoms with van der Waals surface area (Å²) in [5, 5.41) is 4.69. The number of rotatable bonds is 9. The number of likely N-dealkylation sites (N-methyl/N-ethyl adjacent to an activating group) is 1. The van der Waals surface area contributed by atoms with Gasteiger partial charge in [0.25, 0.3) is 5.91 Å². The van der Waals surface area contributed by atoms with Crippen molar-refractivity contribution in [3.05, 3.63) is 105 Å². The van der Waals surface area contributed by atoms with Gasteiger partial charge in [0.1, 0.15) is 5.75 Å². The van der Waals surface area contributed by atoms with Crippen molar-refractivity contribution in [2.45, 2.75) is 38.3 Å². The Morgan fingerprint density at radius 2 is 1.71 bits per heavy atom. The predicted molar refractivity (Wildman–Crippen MR) is 164 cm³/mol. The summed E-state index contributed by atoms with van der Waals surface area (Å²) in [4.78, 5) is 29.9. The standard InChI is InChI=1S/C33H35Cl2N3O3/c1-22(39)38-20-27-19-28(25-10-8-24(9-11-25)15-17-41-31-13-12-26(34)18-29(31)35)32(30(21-38)36-27)33(40)37(2)16-14-23-6-4-3-5-7-23/h3-13,18,27,30,36H,14-17,19-21H2,1-2H3/t27-,30-/m1/s1. The molecule has 2 aliphatic heterocycles. The molecule has 3 aromatic carbocycles. The lowest BCUT2D eigenvalue weighted by Crippen LogP contribution is -2.61. The van der Waals surface area contributed by atoms with E-state index in [2.05, 4.69) is 41.7 Å². The maximum atomic E-state index is 14.0. The molecule has 41 heavy (non-hydrogen) atoms. The maximum absolute atomic E-state index is 14.0. The van der Waals surface area contributed by atoms with Crippen LogP contribution in [-0.4, -0.2) is 67.0 Å². The second-order valence-corrected chi connectivity index (χ2v) is 11.6. The first-order valence-corrected chi connectivity index (χ1v) is 14.7. The number of amides is 2. The molecule has 2 bridgehead atoms. The number of benzene rings is 3. The topological polar surface area (TPSA) is 61.9 Å². The Kier molecular flexibility index (Phi) is 9.33. The van der Waals surface area contributed by atoms with Crippen LogP contribution in [0.1, 0.15) is 30.0 Å². The molecule has 2 heterocycles.